The molecule has 1 aromatic rings. The van der Waals surface area contributed by atoms with E-state index in [9.17, 15) is 14.0 Å². The third-order valence-corrected chi connectivity index (χ3v) is 3.31. The molecule has 21 heavy (non-hydrogen) atoms. The number of carbonyl (C=O) groups excluding carboxylic acids is 1. The highest BCUT2D eigenvalue weighted by atomic mass is 19.1. The molecule has 6 heteroatoms. The van der Waals surface area contributed by atoms with Crippen molar-refractivity contribution in [1.29, 1.82) is 0 Å². The second-order valence-corrected chi connectivity index (χ2v) is 5.22. The van der Waals surface area contributed by atoms with Crippen LogP contribution < -0.4 is 10.6 Å². The maximum Gasteiger partial charge on any atom is 0.340 e. The minimum Gasteiger partial charge on any atom is -0.478 e. The quantitative estimate of drug-likeness (QED) is 0.752. The molecule has 0 aliphatic heterocycles. The third kappa shape index (κ3) is 5.06. The Morgan fingerprint density at radius 3 is 2.57 bits per heavy atom. The molecular formula is C15H21FN2O3. The number of amides is 2. The summed E-state index contributed by atoms with van der Waals surface area (Å²) in [5.41, 5.74) is -0.599. The number of carboxylic acid groups (broad SMARTS) is 1. The zero-order valence-electron chi connectivity index (χ0n) is 12.4. The third-order valence-electron chi connectivity index (χ3n) is 3.31. The number of rotatable bonds is 6. The van der Waals surface area contributed by atoms with E-state index in [0.717, 1.165) is 18.9 Å². The lowest BCUT2D eigenvalue weighted by atomic mass is 10.0. The first-order chi connectivity index (χ1) is 9.85. The van der Waals surface area contributed by atoms with Crippen LogP contribution in [0.3, 0.4) is 0 Å². The Labute approximate surface area is 123 Å². The molecule has 0 saturated carbocycles. The van der Waals surface area contributed by atoms with Crippen molar-refractivity contribution >= 4 is 17.7 Å². The second kappa shape index (κ2) is 7.61. The van der Waals surface area contributed by atoms with E-state index in [0.29, 0.717) is 5.92 Å². The number of urea groups is 1. The number of carboxylic acids is 1. The average Bonchev–Trinajstić information content (AvgIpc) is 2.37. The molecule has 1 aromatic carbocycles. The molecule has 0 radical (unpaired) electrons. The standard InChI is InChI=1S/C15H21FN2O3/c1-4-9(2)8-10(3)17-15(21)18-12-7-5-6-11(16)13(12)14(19)20/h5-7,9-10H,4,8H2,1-3H3,(H,19,20)(H2,17,18,21). The predicted octanol–water partition coefficient (Wildman–Crippen LogP) is 3.47. The second-order valence-electron chi connectivity index (χ2n) is 5.22. The Balaban J connectivity index is 2.71. The van der Waals surface area contributed by atoms with Gasteiger partial charge in [0.05, 0.1) is 5.69 Å². The van der Waals surface area contributed by atoms with Gasteiger partial charge in [-0.2, -0.15) is 0 Å². The summed E-state index contributed by atoms with van der Waals surface area (Å²) in [6, 6.07) is 3.14. The van der Waals surface area contributed by atoms with Crippen molar-refractivity contribution in [3.63, 3.8) is 0 Å². The summed E-state index contributed by atoms with van der Waals surface area (Å²) in [7, 11) is 0. The van der Waals surface area contributed by atoms with Gasteiger partial charge >= 0.3 is 12.0 Å². The zero-order chi connectivity index (χ0) is 16.0. The topological polar surface area (TPSA) is 78.4 Å². The summed E-state index contributed by atoms with van der Waals surface area (Å²) in [4.78, 5) is 22.9. The van der Waals surface area contributed by atoms with Gasteiger partial charge in [-0.15, -0.1) is 0 Å². The normalized spacial score (nSPS) is 13.3. The maximum absolute atomic E-state index is 13.5. The van der Waals surface area contributed by atoms with Crippen LogP contribution in [0.2, 0.25) is 0 Å². The van der Waals surface area contributed by atoms with Crippen LogP contribution in [0.5, 0.6) is 0 Å². The molecule has 116 valence electrons. The summed E-state index contributed by atoms with van der Waals surface area (Å²) < 4.78 is 13.5. The van der Waals surface area contributed by atoms with E-state index in [4.69, 9.17) is 5.11 Å². The van der Waals surface area contributed by atoms with Crippen molar-refractivity contribution in [3.05, 3.63) is 29.6 Å². The van der Waals surface area contributed by atoms with Crippen LogP contribution in [0, 0.1) is 11.7 Å². The number of carbonyl (C=O) groups is 2. The monoisotopic (exact) mass is 296 g/mol. The van der Waals surface area contributed by atoms with Crippen LogP contribution in [0.15, 0.2) is 18.2 Å². The number of benzene rings is 1. The van der Waals surface area contributed by atoms with Crippen molar-refractivity contribution in [2.24, 2.45) is 5.92 Å². The SMILES string of the molecule is CCC(C)CC(C)NC(=O)Nc1cccc(F)c1C(=O)O. The van der Waals surface area contributed by atoms with Crippen molar-refractivity contribution in [3.8, 4) is 0 Å². The van der Waals surface area contributed by atoms with Crippen LogP contribution >= 0.6 is 0 Å². The van der Waals surface area contributed by atoms with Gasteiger partial charge in [0.15, 0.2) is 0 Å². The Hall–Kier alpha value is -2.11. The molecule has 0 heterocycles. The number of anilines is 1. The fourth-order valence-electron chi connectivity index (χ4n) is 2.06. The average molecular weight is 296 g/mol. The lowest BCUT2D eigenvalue weighted by molar-refractivity contribution is 0.0693. The summed E-state index contributed by atoms with van der Waals surface area (Å²) in [6.07, 6.45) is 1.83. The number of nitrogens with one attached hydrogen (secondary N) is 2. The van der Waals surface area contributed by atoms with E-state index in [1.807, 2.05) is 6.92 Å². The van der Waals surface area contributed by atoms with Crippen molar-refractivity contribution in [1.82, 2.24) is 5.32 Å². The van der Waals surface area contributed by atoms with Crippen LogP contribution in [0.25, 0.3) is 0 Å². The van der Waals surface area contributed by atoms with Gasteiger partial charge < -0.3 is 15.7 Å². The van der Waals surface area contributed by atoms with Gasteiger partial charge in [-0.05, 0) is 31.4 Å². The summed E-state index contributed by atoms with van der Waals surface area (Å²) >= 11 is 0. The molecule has 2 atom stereocenters. The van der Waals surface area contributed by atoms with E-state index >= 15 is 0 Å². The van der Waals surface area contributed by atoms with Gasteiger partial charge in [-0.1, -0.05) is 26.3 Å². The Morgan fingerprint density at radius 2 is 2.00 bits per heavy atom. The first-order valence-electron chi connectivity index (χ1n) is 6.94. The van der Waals surface area contributed by atoms with Gasteiger partial charge in [-0.3, -0.25) is 0 Å². The molecule has 0 spiro atoms. The summed E-state index contributed by atoms with van der Waals surface area (Å²) in [6.45, 7) is 6.03. The lowest BCUT2D eigenvalue weighted by Gasteiger charge is -2.18. The highest BCUT2D eigenvalue weighted by Crippen LogP contribution is 2.19. The first-order valence-corrected chi connectivity index (χ1v) is 6.94. The molecule has 0 aliphatic carbocycles. The maximum atomic E-state index is 13.5. The Morgan fingerprint density at radius 1 is 1.33 bits per heavy atom. The van der Waals surface area contributed by atoms with Crippen LogP contribution in [0.4, 0.5) is 14.9 Å². The van der Waals surface area contributed by atoms with E-state index < -0.39 is 23.4 Å². The Kier molecular flexibility index (Phi) is 6.14. The molecule has 3 N–H and O–H groups in total. The van der Waals surface area contributed by atoms with Crippen molar-refractivity contribution in [2.75, 3.05) is 5.32 Å². The van der Waals surface area contributed by atoms with Crippen LogP contribution in [-0.2, 0) is 0 Å². The fraction of sp³-hybridized carbons (Fsp3) is 0.467. The molecule has 0 bridgehead atoms. The largest absolute Gasteiger partial charge is 0.478 e. The zero-order valence-corrected chi connectivity index (χ0v) is 12.4. The van der Waals surface area contributed by atoms with Crippen LogP contribution in [0.1, 0.15) is 44.0 Å². The lowest BCUT2D eigenvalue weighted by Crippen LogP contribution is -2.37. The molecule has 2 amide bonds. The minimum absolute atomic E-state index is 0.0539. The highest BCUT2D eigenvalue weighted by Gasteiger charge is 2.18. The van der Waals surface area contributed by atoms with E-state index in [1.165, 1.54) is 12.1 Å². The van der Waals surface area contributed by atoms with Gasteiger partial charge in [-0.25, -0.2) is 14.0 Å². The summed E-state index contributed by atoms with van der Waals surface area (Å²) in [5, 5.41) is 14.1. The molecule has 0 saturated heterocycles. The van der Waals surface area contributed by atoms with Gasteiger partial charge in [0.2, 0.25) is 0 Å². The van der Waals surface area contributed by atoms with Gasteiger partial charge in [0, 0.05) is 6.04 Å². The number of halogens is 1. The molecule has 1 rings (SSSR count). The van der Waals surface area contributed by atoms with E-state index in [1.54, 1.807) is 0 Å². The number of aromatic carboxylic acids is 1. The van der Waals surface area contributed by atoms with Gasteiger partial charge in [0.1, 0.15) is 11.4 Å². The number of hydrogen-bond acceptors (Lipinski definition) is 2. The fourth-order valence-corrected chi connectivity index (χ4v) is 2.06. The summed E-state index contributed by atoms with van der Waals surface area (Å²) in [5.74, 6) is -1.83. The van der Waals surface area contributed by atoms with E-state index in [2.05, 4.69) is 24.5 Å². The van der Waals surface area contributed by atoms with Gasteiger partial charge in [0.25, 0.3) is 0 Å². The smallest absolute Gasteiger partial charge is 0.340 e. The highest BCUT2D eigenvalue weighted by molar-refractivity contribution is 6.00. The van der Waals surface area contributed by atoms with Crippen molar-refractivity contribution < 1.29 is 19.1 Å². The molecule has 0 fully saturated rings. The van der Waals surface area contributed by atoms with E-state index in [-0.39, 0.29) is 11.7 Å². The number of hydrogen-bond donors (Lipinski definition) is 3. The first kappa shape index (κ1) is 16.9. The minimum atomic E-state index is -1.42. The van der Waals surface area contributed by atoms with Crippen molar-refractivity contribution in [2.45, 2.75) is 39.7 Å². The predicted molar refractivity (Wildman–Crippen MR) is 79.0 cm³/mol. The molecule has 5 nitrogen and oxygen atoms in total. The van der Waals surface area contributed by atoms with Crippen LogP contribution in [-0.4, -0.2) is 23.1 Å². The molecular weight excluding hydrogens is 275 g/mol. The Bertz CT molecular complexity index is 520. The molecule has 0 aromatic heterocycles. The molecule has 2 unspecified atom stereocenters. The molecule has 0 aliphatic rings.